The van der Waals surface area contributed by atoms with Gasteiger partial charge in [0.15, 0.2) is 0 Å². The second-order valence-corrected chi connectivity index (χ2v) is 6.64. The van der Waals surface area contributed by atoms with Crippen LogP contribution in [0.4, 0.5) is 4.53 Å². The van der Waals surface area contributed by atoms with Gasteiger partial charge >= 0.3 is 7.82 Å². The SMILES string of the molecule is CCCCCCCCCCC1CNCCO1.N.O=P(O)(O)OF. The number of unbranched alkanes of at least 4 members (excludes halogenated alkanes) is 7. The van der Waals surface area contributed by atoms with Gasteiger partial charge in [-0.05, 0) is 10.9 Å². The number of nitrogens with one attached hydrogen (secondary N) is 1. The van der Waals surface area contributed by atoms with Crippen molar-refractivity contribution in [2.24, 2.45) is 0 Å². The van der Waals surface area contributed by atoms with Crippen LogP contribution in [0.2, 0.25) is 0 Å². The Labute approximate surface area is 139 Å². The largest absolute Gasteiger partial charge is 0.500 e. The quantitative estimate of drug-likeness (QED) is 0.346. The van der Waals surface area contributed by atoms with Crippen LogP contribution in [0.15, 0.2) is 0 Å². The molecule has 1 fully saturated rings. The highest BCUT2D eigenvalue weighted by molar-refractivity contribution is 7.46. The molecule has 7 nitrogen and oxygen atoms in total. The van der Waals surface area contributed by atoms with Crippen LogP contribution in [0.5, 0.6) is 0 Å². The molecule has 0 aromatic rings. The maximum atomic E-state index is 10.2. The maximum absolute atomic E-state index is 10.2. The van der Waals surface area contributed by atoms with E-state index in [0.29, 0.717) is 6.10 Å². The van der Waals surface area contributed by atoms with E-state index < -0.39 is 7.82 Å². The Hall–Kier alpha value is -0.0800. The maximum Gasteiger partial charge on any atom is 0.500 e. The fourth-order valence-corrected chi connectivity index (χ4v) is 2.31. The van der Waals surface area contributed by atoms with E-state index in [9.17, 15) is 4.53 Å². The van der Waals surface area contributed by atoms with Crippen molar-refractivity contribution >= 4 is 7.82 Å². The second-order valence-electron chi connectivity index (χ2n) is 5.52. The minimum absolute atomic E-state index is 0. The Kier molecular flexibility index (Phi) is 18.3. The highest BCUT2D eigenvalue weighted by atomic mass is 31.2. The van der Waals surface area contributed by atoms with Crippen molar-refractivity contribution in [3.63, 3.8) is 0 Å². The highest BCUT2D eigenvalue weighted by Crippen LogP contribution is 2.35. The van der Waals surface area contributed by atoms with Crippen molar-refractivity contribution in [3.05, 3.63) is 0 Å². The van der Waals surface area contributed by atoms with Gasteiger partial charge in [0, 0.05) is 13.1 Å². The normalized spacial score (nSPS) is 17.8. The van der Waals surface area contributed by atoms with Gasteiger partial charge in [-0.2, -0.15) is 0 Å². The van der Waals surface area contributed by atoms with Crippen LogP contribution in [0, 0.1) is 0 Å². The lowest BCUT2D eigenvalue weighted by Gasteiger charge is -2.23. The first kappa shape index (κ1) is 25.2. The Balaban J connectivity index is 0. The summed E-state index contributed by atoms with van der Waals surface area (Å²) in [6, 6.07) is 0. The Morgan fingerprint density at radius 3 is 2.13 bits per heavy atom. The fourth-order valence-electron chi connectivity index (χ4n) is 2.31. The van der Waals surface area contributed by atoms with Crippen molar-refractivity contribution in [2.45, 2.75) is 70.8 Å². The Bertz CT molecular complexity index is 288. The molecule has 0 amide bonds. The number of rotatable bonds is 10. The molecule has 0 aliphatic carbocycles. The van der Waals surface area contributed by atoms with Crippen LogP contribution in [0.25, 0.3) is 0 Å². The zero-order valence-electron chi connectivity index (χ0n) is 14.2. The molecule has 1 atom stereocenters. The molecule has 1 heterocycles. The summed E-state index contributed by atoms with van der Waals surface area (Å²) in [4.78, 5) is 14.7. The Morgan fingerprint density at radius 2 is 1.70 bits per heavy atom. The first-order chi connectivity index (χ1) is 10.5. The molecule has 0 radical (unpaired) electrons. The van der Waals surface area contributed by atoms with Crippen LogP contribution in [0.1, 0.15) is 64.7 Å². The molecule has 23 heavy (non-hydrogen) atoms. The topological polar surface area (TPSA) is 123 Å². The van der Waals surface area contributed by atoms with Gasteiger partial charge in [-0.1, -0.05) is 63.0 Å². The van der Waals surface area contributed by atoms with Gasteiger partial charge in [-0.3, -0.25) is 0 Å². The number of ether oxygens (including phenoxy) is 1. The molecule has 142 valence electrons. The molecule has 9 heteroatoms. The lowest BCUT2D eigenvalue weighted by atomic mass is 10.1. The zero-order chi connectivity index (χ0) is 16.7. The lowest BCUT2D eigenvalue weighted by Crippen LogP contribution is -2.38. The van der Waals surface area contributed by atoms with Crippen LogP contribution < -0.4 is 11.5 Å². The van der Waals surface area contributed by atoms with Crippen LogP contribution in [0.3, 0.4) is 0 Å². The molecular formula is C14H34FN2O5P. The van der Waals surface area contributed by atoms with E-state index in [1.54, 1.807) is 0 Å². The highest BCUT2D eigenvalue weighted by Gasteiger charge is 2.12. The van der Waals surface area contributed by atoms with Gasteiger partial charge < -0.3 is 26.0 Å². The molecule has 0 spiro atoms. The summed E-state index contributed by atoms with van der Waals surface area (Å²) >= 11 is 0. The van der Waals surface area contributed by atoms with Crippen LogP contribution >= 0.6 is 7.82 Å². The van der Waals surface area contributed by atoms with E-state index in [2.05, 4.69) is 17.0 Å². The van der Waals surface area contributed by atoms with E-state index in [-0.39, 0.29) is 6.15 Å². The predicted octanol–water partition coefficient (Wildman–Crippen LogP) is 3.65. The molecule has 1 saturated heterocycles. The molecule has 6 N–H and O–H groups in total. The van der Waals surface area contributed by atoms with Crippen molar-refractivity contribution < 1.29 is 28.3 Å². The third-order valence-electron chi connectivity index (χ3n) is 3.47. The lowest BCUT2D eigenvalue weighted by molar-refractivity contribution is -0.0389. The molecule has 0 aromatic carbocycles. The minimum Gasteiger partial charge on any atom is -0.376 e. The van der Waals surface area contributed by atoms with Gasteiger partial charge in [0.2, 0.25) is 0 Å². The molecular weight excluding hydrogens is 326 g/mol. The summed E-state index contributed by atoms with van der Waals surface area (Å²) in [5.74, 6) is 0. The number of morpholine rings is 1. The smallest absolute Gasteiger partial charge is 0.376 e. The molecule has 1 aliphatic heterocycles. The summed E-state index contributed by atoms with van der Waals surface area (Å²) in [6.07, 6.45) is 13.0. The number of halogens is 1. The van der Waals surface area contributed by atoms with Gasteiger partial charge in [0.1, 0.15) is 0 Å². The van der Waals surface area contributed by atoms with Crippen LogP contribution in [-0.2, 0) is 14.0 Å². The van der Waals surface area contributed by atoms with Gasteiger partial charge in [0.25, 0.3) is 0 Å². The van der Waals surface area contributed by atoms with Crippen LogP contribution in [-0.4, -0.2) is 35.6 Å². The molecule has 1 rings (SSSR count). The van der Waals surface area contributed by atoms with Crippen molar-refractivity contribution in [3.8, 4) is 0 Å². The summed E-state index contributed by atoms with van der Waals surface area (Å²) in [7, 11) is -4.81. The first-order valence-corrected chi connectivity index (χ1v) is 9.70. The van der Waals surface area contributed by atoms with Gasteiger partial charge in [-0.25, -0.2) is 4.57 Å². The van der Waals surface area contributed by atoms with Crippen molar-refractivity contribution in [1.29, 1.82) is 0 Å². The van der Waals surface area contributed by atoms with E-state index in [4.69, 9.17) is 19.1 Å². The minimum atomic E-state index is -4.81. The van der Waals surface area contributed by atoms with E-state index in [1.165, 1.54) is 57.8 Å². The van der Waals surface area contributed by atoms with E-state index in [1.807, 2.05) is 0 Å². The van der Waals surface area contributed by atoms with Gasteiger partial charge in [-0.15, -0.1) is 0 Å². The van der Waals surface area contributed by atoms with E-state index >= 15 is 0 Å². The first-order valence-electron chi connectivity index (χ1n) is 8.17. The third-order valence-corrected chi connectivity index (χ3v) is 3.65. The molecule has 0 bridgehead atoms. The number of hydrogen-bond acceptors (Lipinski definition) is 5. The molecule has 1 unspecified atom stereocenters. The van der Waals surface area contributed by atoms with Gasteiger partial charge in [0.05, 0.1) is 12.7 Å². The number of hydrogen-bond donors (Lipinski definition) is 4. The molecule has 0 saturated carbocycles. The summed E-state index contributed by atoms with van der Waals surface area (Å²) in [5.41, 5.74) is 0. The van der Waals surface area contributed by atoms with Crippen molar-refractivity contribution in [2.75, 3.05) is 19.7 Å². The predicted molar refractivity (Wildman–Crippen MR) is 89.1 cm³/mol. The molecule has 1 aliphatic rings. The average molecular weight is 360 g/mol. The fraction of sp³-hybridized carbons (Fsp3) is 1.00. The Morgan fingerprint density at radius 1 is 1.17 bits per heavy atom. The zero-order valence-corrected chi connectivity index (χ0v) is 15.1. The molecule has 0 aromatic heterocycles. The number of phosphoric acid groups is 1. The third kappa shape index (κ3) is 19.9. The van der Waals surface area contributed by atoms with Crippen molar-refractivity contribution in [1.82, 2.24) is 11.5 Å². The monoisotopic (exact) mass is 360 g/mol. The standard InChI is InChI=1S/C14H29NO.FH2O4P.H3N/c1-2-3-4-5-6-7-8-9-10-14-13-15-11-12-16-14;1-5-6(2,3)4;/h14-15H,2-13H2,1H3;(H2,2,3,4);1H3. The van der Waals surface area contributed by atoms with E-state index in [0.717, 1.165) is 19.7 Å². The average Bonchev–Trinajstić information content (AvgIpc) is 2.51. The summed E-state index contributed by atoms with van der Waals surface area (Å²) < 4.78 is 27.1. The second kappa shape index (κ2) is 16.8. The summed E-state index contributed by atoms with van der Waals surface area (Å²) in [5, 5.41) is 3.39. The summed E-state index contributed by atoms with van der Waals surface area (Å²) in [6.45, 7) is 5.28.